The molecule has 0 spiro atoms. The van der Waals surface area contributed by atoms with E-state index in [0.717, 1.165) is 30.4 Å². The third-order valence-corrected chi connectivity index (χ3v) is 7.29. The normalized spacial score (nSPS) is 36.3. The van der Waals surface area contributed by atoms with Gasteiger partial charge in [0, 0.05) is 16.3 Å². The SMILES string of the molecule is CC1SCC(c2noc([C@@H]3CCCCN3)n2)SC1C. The molecule has 0 aromatic carbocycles. The van der Waals surface area contributed by atoms with E-state index in [2.05, 4.69) is 29.3 Å². The van der Waals surface area contributed by atoms with Gasteiger partial charge in [0.15, 0.2) is 5.82 Å². The van der Waals surface area contributed by atoms with Crippen molar-refractivity contribution in [2.24, 2.45) is 0 Å². The van der Waals surface area contributed by atoms with E-state index in [1.807, 2.05) is 23.5 Å². The first-order valence-corrected chi connectivity index (χ1v) is 9.07. The summed E-state index contributed by atoms with van der Waals surface area (Å²) >= 11 is 4.00. The highest BCUT2D eigenvalue weighted by atomic mass is 32.2. The van der Waals surface area contributed by atoms with Crippen molar-refractivity contribution in [3.63, 3.8) is 0 Å². The lowest BCUT2D eigenvalue weighted by atomic mass is 10.1. The van der Waals surface area contributed by atoms with Gasteiger partial charge < -0.3 is 9.84 Å². The molecule has 3 heterocycles. The highest BCUT2D eigenvalue weighted by molar-refractivity contribution is 8.07. The molecule has 0 saturated carbocycles. The Morgan fingerprint density at radius 1 is 1.26 bits per heavy atom. The predicted octanol–water partition coefficient (Wildman–Crippen LogP) is 3.18. The molecule has 2 saturated heterocycles. The average Bonchev–Trinajstić information content (AvgIpc) is 2.93. The summed E-state index contributed by atoms with van der Waals surface area (Å²) in [5.74, 6) is 2.76. The Kier molecular flexibility index (Phi) is 4.39. The Hall–Kier alpha value is -0.200. The van der Waals surface area contributed by atoms with Gasteiger partial charge in [0.05, 0.1) is 11.3 Å². The van der Waals surface area contributed by atoms with Crippen molar-refractivity contribution in [1.29, 1.82) is 0 Å². The fourth-order valence-electron chi connectivity index (χ4n) is 2.50. The van der Waals surface area contributed by atoms with Crippen LogP contribution in [0.2, 0.25) is 0 Å². The van der Waals surface area contributed by atoms with E-state index in [1.54, 1.807) is 0 Å². The minimum atomic E-state index is 0.271. The number of aromatic nitrogens is 2. The minimum Gasteiger partial charge on any atom is -0.338 e. The molecular weight excluding hydrogens is 278 g/mol. The molecule has 2 aliphatic heterocycles. The first-order valence-electron chi connectivity index (χ1n) is 7.08. The lowest BCUT2D eigenvalue weighted by Crippen LogP contribution is -2.27. The fourth-order valence-corrected chi connectivity index (χ4v) is 5.33. The quantitative estimate of drug-likeness (QED) is 0.905. The Balaban J connectivity index is 1.67. The fraction of sp³-hybridized carbons (Fsp3) is 0.846. The molecule has 19 heavy (non-hydrogen) atoms. The van der Waals surface area contributed by atoms with E-state index >= 15 is 0 Å². The second-order valence-electron chi connectivity index (χ2n) is 5.36. The zero-order chi connectivity index (χ0) is 13.2. The predicted molar refractivity (Wildman–Crippen MR) is 80.6 cm³/mol. The van der Waals surface area contributed by atoms with Crippen LogP contribution in [-0.4, -0.2) is 32.9 Å². The summed E-state index contributed by atoms with van der Waals surface area (Å²) < 4.78 is 5.47. The van der Waals surface area contributed by atoms with Gasteiger partial charge in [-0.1, -0.05) is 25.4 Å². The summed E-state index contributed by atoms with van der Waals surface area (Å²) in [6, 6.07) is 0.271. The molecule has 3 rings (SSSR count). The third kappa shape index (κ3) is 3.11. The van der Waals surface area contributed by atoms with Crippen LogP contribution in [-0.2, 0) is 0 Å². The van der Waals surface area contributed by atoms with E-state index in [9.17, 15) is 0 Å². The van der Waals surface area contributed by atoms with Gasteiger partial charge in [0.1, 0.15) is 0 Å². The van der Waals surface area contributed by atoms with Crippen LogP contribution in [0.4, 0.5) is 0 Å². The highest BCUT2D eigenvalue weighted by Crippen LogP contribution is 2.43. The third-order valence-electron chi connectivity index (χ3n) is 3.90. The molecule has 0 bridgehead atoms. The first-order chi connectivity index (χ1) is 9.24. The first kappa shape index (κ1) is 13.8. The number of rotatable bonds is 2. The summed E-state index contributed by atoms with van der Waals surface area (Å²) in [6.07, 6.45) is 3.61. The molecule has 2 fully saturated rings. The lowest BCUT2D eigenvalue weighted by Gasteiger charge is -2.29. The highest BCUT2D eigenvalue weighted by Gasteiger charge is 2.31. The summed E-state index contributed by atoms with van der Waals surface area (Å²) in [4.78, 5) is 4.64. The topological polar surface area (TPSA) is 51.0 Å². The van der Waals surface area contributed by atoms with Crippen molar-refractivity contribution in [3.8, 4) is 0 Å². The monoisotopic (exact) mass is 299 g/mol. The van der Waals surface area contributed by atoms with Crippen LogP contribution in [0.3, 0.4) is 0 Å². The van der Waals surface area contributed by atoms with E-state index in [4.69, 9.17) is 4.52 Å². The number of hydrogen-bond donors (Lipinski definition) is 1. The largest absolute Gasteiger partial charge is 0.338 e. The average molecular weight is 299 g/mol. The Morgan fingerprint density at radius 3 is 2.89 bits per heavy atom. The van der Waals surface area contributed by atoms with Crippen molar-refractivity contribution in [1.82, 2.24) is 15.5 Å². The van der Waals surface area contributed by atoms with Gasteiger partial charge >= 0.3 is 0 Å². The molecule has 6 heteroatoms. The number of hydrogen-bond acceptors (Lipinski definition) is 6. The van der Waals surface area contributed by atoms with Gasteiger partial charge in [-0.2, -0.15) is 16.7 Å². The number of nitrogens with zero attached hydrogens (tertiary/aromatic N) is 2. The van der Waals surface area contributed by atoms with E-state index in [0.29, 0.717) is 15.7 Å². The Bertz CT molecular complexity index is 420. The minimum absolute atomic E-state index is 0.271. The van der Waals surface area contributed by atoms with Gasteiger partial charge in [-0.25, -0.2) is 0 Å². The van der Waals surface area contributed by atoms with Crippen LogP contribution < -0.4 is 5.32 Å². The van der Waals surface area contributed by atoms with Crippen molar-refractivity contribution >= 4 is 23.5 Å². The summed E-state index contributed by atoms with van der Waals surface area (Å²) in [7, 11) is 0. The Morgan fingerprint density at radius 2 is 2.16 bits per heavy atom. The van der Waals surface area contributed by atoms with Crippen LogP contribution in [0.5, 0.6) is 0 Å². The maximum absolute atomic E-state index is 5.47. The van der Waals surface area contributed by atoms with Crippen LogP contribution in [0.1, 0.15) is 56.1 Å². The van der Waals surface area contributed by atoms with Crippen molar-refractivity contribution in [2.45, 2.75) is 54.9 Å². The van der Waals surface area contributed by atoms with Crippen LogP contribution in [0.25, 0.3) is 0 Å². The smallest absolute Gasteiger partial charge is 0.243 e. The van der Waals surface area contributed by atoms with Crippen molar-refractivity contribution in [3.05, 3.63) is 11.7 Å². The Labute approximate surface area is 122 Å². The molecule has 0 aliphatic carbocycles. The number of nitrogens with one attached hydrogen (secondary N) is 1. The number of piperidine rings is 1. The van der Waals surface area contributed by atoms with Crippen molar-refractivity contribution in [2.75, 3.05) is 12.3 Å². The van der Waals surface area contributed by atoms with Gasteiger partial charge in [0.25, 0.3) is 0 Å². The molecule has 4 atom stereocenters. The molecule has 2 aliphatic rings. The molecule has 1 N–H and O–H groups in total. The number of thioether (sulfide) groups is 2. The van der Waals surface area contributed by atoms with E-state index < -0.39 is 0 Å². The van der Waals surface area contributed by atoms with Crippen LogP contribution in [0, 0.1) is 0 Å². The molecule has 3 unspecified atom stereocenters. The standard InChI is InChI=1S/C13H21N3OS2/c1-8-9(2)19-11(7-18-8)12-15-13(17-16-12)10-5-3-4-6-14-10/h8-11,14H,3-7H2,1-2H3/t8?,9?,10-,11?/m0/s1. The van der Waals surface area contributed by atoms with Gasteiger partial charge in [-0.3, -0.25) is 0 Å². The van der Waals surface area contributed by atoms with Crippen molar-refractivity contribution < 1.29 is 4.52 Å². The maximum Gasteiger partial charge on any atom is 0.243 e. The molecule has 4 nitrogen and oxygen atoms in total. The molecule has 106 valence electrons. The van der Waals surface area contributed by atoms with Gasteiger partial charge in [0.2, 0.25) is 5.89 Å². The van der Waals surface area contributed by atoms with E-state index in [1.165, 1.54) is 12.8 Å². The second kappa shape index (κ2) is 6.06. The second-order valence-corrected chi connectivity index (χ2v) is 8.36. The molecule has 1 aromatic heterocycles. The lowest BCUT2D eigenvalue weighted by molar-refractivity contribution is 0.296. The molecule has 0 amide bonds. The summed E-state index contributed by atoms with van der Waals surface area (Å²) in [5, 5.41) is 9.43. The van der Waals surface area contributed by atoms with Gasteiger partial charge in [-0.05, 0) is 19.4 Å². The molecule has 0 radical (unpaired) electrons. The van der Waals surface area contributed by atoms with Crippen LogP contribution in [0.15, 0.2) is 4.52 Å². The maximum atomic E-state index is 5.47. The molecule has 1 aromatic rings. The molecular formula is C13H21N3OS2. The summed E-state index contributed by atoms with van der Waals surface area (Å²) in [6.45, 7) is 5.65. The summed E-state index contributed by atoms with van der Waals surface area (Å²) in [5.41, 5.74) is 0. The van der Waals surface area contributed by atoms with Crippen LogP contribution >= 0.6 is 23.5 Å². The zero-order valence-electron chi connectivity index (χ0n) is 11.5. The van der Waals surface area contributed by atoms with E-state index in [-0.39, 0.29) is 6.04 Å². The zero-order valence-corrected chi connectivity index (χ0v) is 13.1. The van der Waals surface area contributed by atoms with Gasteiger partial charge in [-0.15, -0.1) is 11.8 Å².